The van der Waals surface area contributed by atoms with Gasteiger partial charge in [-0.05, 0) is 60.9 Å². The number of hydrogen-bond donors (Lipinski definition) is 1. The molecule has 3 rings (SSSR count). The average Bonchev–Trinajstić information content (AvgIpc) is 2.82. The van der Waals surface area contributed by atoms with Gasteiger partial charge in [0.05, 0.1) is 7.11 Å². The Hall–Kier alpha value is -1.72. The van der Waals surface area contributed by atoms with Gasteiger partial charge in [0.25, 0.3) is 0 Å². The van der Waals surface area contributed by atoms with Crippen LogP contribution in [-0.4, -0.2) is 12.2 Å². The lowest BCUT2D eigenvalue weighted by atomic mass is 9.75. The van der Waals surface area contributed by atoms with E-state index in [0.717, 1.165) is 42.6 Å². The monoisotopic (exact) mass is 282 g/mol. The van der Waals surface area contributed by atoms with Gasteiger partial charge in [0.1, 0.15) is 11.4 Å². The van der Waals surface area contributed by atoms with Gasteiger partial charge < -0.3 is 9.84 Å². The van der Waals surface area contributed by atoms with Crippen molar-refractivity contribution in [2.45, 2.75) is 44.1 Å². The summed E-state index contributed by atoms with van der Waals surface area (Å²) in [5.41, 5.74) is 2.44. The number of terminal acetylenes is 1. The first kappa shape index (κ1) is 14.2. The second-order valence-electron chi connectivity index (χ2n) is 6.07. The third-order valence-corrected chi connectivity index (χ3v) is 4.93. The Labute approximate surface area is 126 Å². The molecule has 0 saturated heterocycles. The van der Waals surface area contributed by atoms with Crippen LogP contribution in [0, 0.1) is 18.3 Å². The number of methoxy groups -OCH3 is 1. The molecule has 1 N–H and O–H groups in total. The predicted octanol–water partition coefficient (Wildman–Crippen LogP) is 3.58. The standard InChI is InChI=1S/C19H22O2/c1-3-7-16-12-14-10-11-17(21-2)13-18(14)19(16,20)15-8-5-4-6-9-15/h1,8,10-11,13,16,20H,4-7,9,12H2,2H3/t16-,19-/m1/s1. The summed E-state index contributed by atoms with van der Waals surface area (Å²) in [7, 11) is 1.66. The average molecular weight is 282 g/mol. The van der Waals surface area contributed by atoms with Crippen LogP contribution in [0.25, 0.3) is 0 Å². The Kier molecular flexibility index (Phi) is 3.78. The summed E-state index contributed by atoms with van der Waals surface area (Å²) in [6.45, 7) is 0. The van der Waals surface area contributed by atoms with Crippen LogP contribution < -0.4 is 4.74 Å². The molecule has 0 aromatic heterocycles. The Morgan fingerprint density at radius 2 is 2.29 bits per heavy atom. The molecule has 2 atom stereocenters. The van der Waals surface area contributed by atoms with Crippen LogP contribution in [-0.2, 0) is 12.0 Å². The second-order valence-corrected chi connectivity index (χ2v) is 6.07. The number of rotatable bonds is 3. The van der Waals surface area contributed by atoms with Gasteiger partial charge in [-0.25, -0.2) is 0 Å². The number of hydrogen-bond acceptors (Lipinski definition) is 2. The number of allylic oxidation sites excluding steroid dienone is 1. The lowest BCUT2D eigenvalue weighted by Crippen LogP contribution is -2.34. The fourth-order valence-corrected chi connectivity index (χ4v) is 3.83. The van der Waals surface area contributed by atoms with Crippen LogP contribution in [0.2, 0.25) is 0 Å². The molecule has 0 unspecified atom stereocenters. The van der Waals surface area contributed by atoms with Crippen molar-refractivity contribution in [2.24, 2.45) is 5.92 Å². The van der Waals surface area contributed by atoms with Crippen molar-refractivity contribution < 1.29 is 9.84 Å². The van der Waals surface area contributed by atoms with Crippen LogP contribution in [0.4, 0.5) is 0 Å². The molecule has 0 heterocycles. The van der Waals surface area contributed by atoms with E-state index in [4.69, 9.17) is 11.2 Å². The number of ether oxygens (including phenoxy) is 1. The first-order valence-corrected chi connectivity index (χ1v) is 7.73. The summed E-state index contributed by atoms with van der Waals surface area (Å²) < 4.78 is 5.34. The van der Waals surface area contributed by atoms with E-state index in [2.05, 4.69) is 18.1 Å². The molecule has 0 fully saturated rings. The van der Waals surface area contributed by atoms with Crippen molar-refractivity contribution in [3.8, 4) is 18.1 Å². The molecular formula is C19H22O2. The summed E-state index contributed by atoms with van der Waals surface area (Å²) in [6.07, 6.45) is 13.6. The minimum atomic E-state index is -0.906. The van der Waals surface area contributed by atoms with Gasteiger partial charge in [-0.15, -0.1) is 12.3 Å². The maximum atomic E-state index is 11.6. The molecule has 110 valence electrons. The molecule has 0 spiro atoms. The van der Waals surface area contributed by atoms with Gasteiger partial charge in [-0.2, -0.15) is 0 Å². The van der Waals surface area contributed by atoms with Crippen molar-refractivity contribution >= 4 is 0 Å². The lowest BCUT2D eigenvalue weighted by Gasteiger charge is -2.35. The van der Waals surface area contributed by atoms with Crippen LogP contribution in [0.1, 0.15) is 43.2 Å². The molecular weight excluding hydrogens is 260 g/mol. The van der Waals surface area contributed by atoms with Crippen molar-refractivity contribution in [3.05, 3.63) is 41.0 Å². The van der Waals surface area contributed by atoms with Gasteiger partial charge >= 0.3 is 0 Å². The fraction of sp³-hybridized carbons (Fsp3) is 0.474. The maximum Gasteiger partial charge on any atom is 0.119 e. The topological polar surface area (TPSA) is 29.5 Å². The molecule has 2 heteroatoms. The van der Waals surface area contributed by atoms with Crippen molar-refractivity contribution in [3.63, 3.8) is 0 Å². The van der Waals surface area contributed by atoms with E-state index in [0.29, 0.717) is 6.42 Å². The van der Waals surface area contributed by atoms with Crippen molar-refractivity contribution in [2.75, 3.05) is 7.11 Å². The highest BCUT2D eigenvalue weighted by Gasteiger charge is 2.47. The molecule has 2 aliphatic carbocycles. The Balaban J connectivity index is 2.10. The highest BCUT2D eigenvalue weighted by Crippen LogP contribution is 2.50. The Bertz CT molecular complexity index is 608. The molecule has 2 nitrogen and oxygen atoms in total. The van der Waals surface area contributed by atoms with Crippen molar-refractivity contribution in [1.29, 1.82) is 0 Å². The molecule has 1 aromatic carbocycles. The number of fused-ring (bicyclic) bond motifs is 1. The maximum absolute atomic E-state index is 11.6. The normalized spacial score (nSPS) is 27.7. The van der Waals surface area contributed by atoms with Gasteiger partial charge in [0, 0.05) is 12.3 Å². The molecule has 0 aliphatic heterocycles. The molecule has 1 aromatic rings. The smallest absolute Gasteiger partial charge is 0.119 e. The summed E-state index contributed by atoms with van der Waals surface area (Å²) in [5.74, 6) is 3.62. The fourth-order valence-electron chi connectivity index (χ4n) is 3.83. The third-order valence-electron chi connectivity index (χ3n) is 4.93. The highest BCUT2D eigenvalue weighted by molar-refractivity contribution is 5.49. The Morgan fingerprint density at radius 3 is 2.95 bits per heavy atom. The van der Waals surface area contributed by atoms with E-state index in [1.165, 1.54) is 12.0 Å². The predicted molar refractivity (Wildman–Crippen MR) is 84.1 cm³/mol. The van der Waals surface area contributed by atoms with Crippen LogP contribution in [0.3, 0.4) is 0 Å². The summed E-state index contributed by atoms with van der Waals surface area (Å²) in [5, 5.41) is 11.6. The number of aliphatic hydroxyl groups is 1. The van der Waals surface area contributed by atoms with Gasteiger partial charge in [-0.1, -0.05) is 12.1 Å². The third kappa shape index (κ3) is 2.26. The molecule has 0 saturated carbocycles. The molecule has 2 aliphatic rings. The van der Waals surface area contributed by atoms with E-state index in [-0.39, 0.29) is 5.92 Å². The zero-order chi connectivity index (χ0) is 14.9. The first-order chi connectivity index (χ1) is 10.2. The van der Waals surface area contributed by atoms with Crippen LogP contribution in [0.15, 0.2) is 29.8 Å². The largest absolute Gasteiger partial charge is 0.497 e. The number of benzene rings is 1. The summed E-state index contributed by atoms with van der Waals surface area (Å²) in [4.78, 5) is 0. The minimum Gasteiger partial charge on any atom is -0.497 e. The zero-order valence-corrected chi connectivity index (χ0v) is 12.6. The SMILES string of the molecule is C#CC[C@@H]1Cc2ccc(OC)cc2[C@@]1(O)C1=CCCCC1. The van der Waals surface area contributed by atoms with Crippen LogP contribution in [0.5, 0.6) is 5.75 Å². The molecule has 0 amide bonds. The van der Waals surface area contributed by atoms with E-state index in [1.54, 1.807) is 7.11 Å². The lowest BCUT2D eigenvalue weighted by molar-refractivity contribution is 0.0229. The van der Waals surface area contributed by atoms with E-state index >= 15 is 0 Å². The van der Waals surface area contributed by atoms with Gasteiger partial charge in [0.15, 0.2) is 0 Å². The molecule has 0 radical (unpaired) electrons. The van der Waals surface area contributed by atoms with Gasteiger partial charge in [0.2, 0.25) is 0 Å². The second kappa shape index (κ2) is 5.58. The van der Waals surface area contributed by atoms with Crippen molar-refractivity contribution in [1.82, 2.24) is 0 Å². The van der Waals surface area contributed by atoms with E-state index in [9.17, 15) is 5.11 Å². The highest BCUT2D eigenvalue weighted by atomic mass is 16.5. The first-order valence-electron chi connectivity index (χ1n) is 7.73. The molecule has 21 heavy (non-hydrogen) atoms. The van der Waals surface area contributed by atoms with E-state index in [1.807, 2.05) is 12.1 Å². The summed E-state index contributed by atoms with van der Waals surface area (Å²) in [6, 6.07) is 6.02. The Morgan fingerprint density at radius 1 is 1.43 bits per heavy atom. The van der Waals surface area contributed by atoms with Gasteiger partial charge in [-0.3, -0.25) is 0 Å². The van der Waals surface area contributed by atoms with E-state index < -0.39 is 5.60 Å². The summed E-state index contributed by atoms with van der Waals surface area (Å²) >= 11 is 0. The molecule has 0 bridgehead atoms. The van der Waals surface area contributed by atoms with Crippen LogP contribution >= 0.6 is 0 Å². The minimum absolute atomic E-state index is 0.0777. The quantitative estimate of drug-likeness (QED) is 0.678. The zero-order valence-electron chi connectivity index (χ0n) is 12.6.